The Balaban J connectivity index is 2.04. The first kappa shape index (κ1) is 18.7. The Hall–Kier alpha value is -3.12. The minimum absolute atomic E-state index is 0.00695. The third-order valence-electron chi connectivity index (χ3n) is 4.39. The van der Waals surface area contributed by atoms with Crippen LogP contribution in [0, 0.1) is 0 Å². The number of aliphatic carboxylic acids is 1. The molecular weight excluding hydrogens is 368 g/mol. The average molecular weight is 385 g/mol. The Bertz CT molecular complexity index is 1010. The van der Waals surface area contributed by atoms with E-state index in [1.165, 1.54) is 6.07 Å². The summed E-state index contributed by atoms with van der Waals surface area (Å²) in [6, 6.07) is 14.4. The molecule has 0 saturated heterocycles. The molecule has 138 valence electrons. The highest BCUT2D eigenvalue weighted by molar-refractivity contribution is 6.31. The second kappa shape index (κ2) is 7.63. The van der Waals surface area contributed by atoms with Gasteiger partial charge in [0.25, 0.3) is 0 Å². The summed E-state index contributed by atoms with van der Waals surface area (Å²) in [6.45, 7) is 1.77. The summed E-state index contributed by atoms with van der Waals surface area (Å²) < 4.78 is 0. The van der Waals surface area contributed by atoms with Crippen LogP contribution < -0.4 is 5.32 Å². The molecule has 6 nitrogen and oxygen atoms in total. The van der Waals surface area contributed by atoms with E-state index in [4.69, 9.17) is 11.6 Å². The molecule has 2 atom stereocenters. The first-order chi connectivity index (χ1) is 12.9. The van der Waals surface area contributed by atoms with Gasteiger partial charge in [-0.15, -0.1) is 0 Å². The van der Waals surface area contributed by atoms with Crippen LogP contribution in [0.3, 0.4) is 0 Å². The predicted octanol–water partition coefficient (Wildman–Crippen LogP) is 4.26. The fourth-order valence-corrected chi connectivity index (χ4v) is 3.10. The number of fused-ring (bicyclic) bond motifs is 1. The van der Waals surface area contributed by atoms with Gasteiger partial charge < -0.3 is 15.5 Å². The van der Waals surface area contributed by atoms with Crippen LogP contribution in [0.25, 0.3) is 10.9 Å². The number of pyridine rings is 1. The van der Waals surface area contributed by atoms with Gasteiger partial charge in [0.2, 0.25) is 0 Å². The van der Waals surface area contributed by atoms with E-state index in [9.17, 15) is 19.8 Å². The van der Waals surface area contributed by atoms with Crippen LogP contribution in [-0.2, 0) is 4.79 Å². The van der Waals surface area contributed by atoms with Gasteiger partial charge in [-0.2, -0.15) is 0 Å². The number of anilines is 1. The van der Waals surface area contributed by atoms with Crippen molar-refractivity contribution in [3.8, 4) is 0 Å². The van der Waals surface area contributed by atoms with Crippen LogP contribution in [0.15, 0.2) is 54.6 Å². The number of aromatic nitrogens is 1. The molecule has 0 aliphatic rings. The Labute approximate surface area is 160 Å². The van der Waals surface area contributed by atoms with Crippen LogP contribution in [0.1, 0.15) is 28.8 Å². The molecule has 0 radical (unpaired) electrons. The number of nitrogens with zero attached hydrogens (tertiary/aromatic N) is 1. The van der Waals surface area contributed by atoms with Gasteiger partial charge in [-0.3, -0.25) is 0 Å². The summed E-state index contributed by atoms with van der Waals surface area (Å²) in [5.74, 6) is -2.70. The molecule has 1 heterocycles. The van der Waals surface area contributed by atoms with E-state index in [2.05, 4.69) is 10.3 Å². The smallest absolute Gasteiger partial charge is 0.339 e. The van der Waals surface area contributed by atoms with Crippen LogP contribution >= 0.6 is 11.6 Å². The summed E-state index contributed by atoms with van der Waals surface area (Å²) in [7, 11) is 0. The number of aromatic carboxylic acids is 1. The van der Waals surface area contributed by atoms with Crippen LogP contribution in [0.4, 0.5) is 5.82 Å². The van der Waals surface area contributed by atoms with Gasteiger partial charge in [0.05, 0.1) is 5.52 Å². The van der Waals surface area contributed by atoms with Crippen LogP contribution in [0.2, 0.25) is 5.02 Å². The van der Waals surface area contributed by atoms with Crippen molar-refractivity contribution in [2.45, 2.75) is 18.9 Å². The van der Waals surface area contributed by atoms with E-state index >= 15 is 0 Å². The van der Waals surface area contributed by atoms with E-state index in [-0.39, 0.29) is 11.4 Å². The lowest BCUT2D eigenvalue weighted by molar-refractivity contribution is -0.138. The summed E-state index contributed by atoms with van der Waals surface area (Å²) in [6.07, 6.45) is 0. The normalized spacial score (nSPS) is 13.1. The molecular formula is C20H17ClN2O4. The lowest BCUT2D eigenvalue weighted by atomic mass is 9.93. The summed E-state index contributed by atoms with van der Waals surface area (Å²) in [5.41, 5.74) is 1.22. The summed E-state index contributed by atoms with van der Waals surface area (Å²) in [5, 5.41) is 23.1. The van der Waals surface area contributed by atoms with E-state index in [1.807, 2.05) is 30.3 Å². The predicted molar refractivity (Wildman–Crippen MR) is 104 cm³/mol. The van der Waals surface area contributed by atoms with Gasteiger partial charge in [0.1, 0.15) is 17.4 Å². The van der Waals surface area contributed by atoms with Gasteiger partial charge in [0.15, 0.2) is 0 Å². The second-order valence-corrected chi connectivity index (χ2v) is 6.62. The van der Waals surface area contributed by atoms with E-state index in [1.54, 1.807) is 25.1 Å². The number of rotatable bonds is 6. The molecule has 27 heavy (non-hydrogen) atoms. The third-order valence-corrected chi connectivity index (χ3v) is 4.63. The Morgan fingerprint density at radius 2 is 1.78 bits per heavy atom. The van der Waals surface area contributed by atoms with Crippen molar-refractivity contribution >= 4 is 40.3 Å². The molecule has 3 rings (SSSR count). The SMILES string of the molecule is CC(c1ccccc1)C(Nc1nc2ccc(Cl)cc2cc1C(=O)O)C(=O)O. The fraction of sp³-hybridized carbons (Fsp3) is 0.150. The molecule has 3 aromatic rings. The molecule has 0 fully saturated rings. The quantitative estimate of drug-likeness (QED) is 0.587. The maximum absolute atomic E-state index is 11.9. The van der Waals surface area contributed by atoms with Crippen molar-refractivity contribution in [1.82, 2.24) is 4.98 Å². The molecule has 2 aromatic carbocycles. The maximum Gasteiger partial charge on any atom is 0.339 e. The van der Waals surface area contributed by atoms with Crippen LogP contribution in [0.5, 0.6) is 0 Å². The van der Waals surface area contributed by atoms with Crippen molar-refractivity contribution in [3.63, 3.8) is 0 Å². The zero-order valence-corrected chi connectivity index (χ0v) is 15.1. The second-order valence-electron chi connectivity index (χ2n) is 6.19. The van der Waals surface area contributed by atoms with Gasteiger partial charge in [-0.1, -0.05) is 48.9 Å². The summed E-state index contributed by atoms with van der Waals surface area (Å²) >= 11 is 5.96. The highest BCUT2D eigenvalue weighted by Crippen LogP contribution is 2.27. The van der Waals surface area contributed by atoms with E-state index in [0.717, 1.165) is 5.56 Å². The number of hydrogen-bond acceptors (Lipinski definition) is 4. The first-order valence-corrected chi connectivity index (χ1v) is 8.62. The number of carboxylic acid groups (broad SMARTS) is 2. The van der Waals surface area contributed by atoms with Crippen molar-refractivity contribution < 1.29 is 19.8 Å². The number of halogens is 1. The molecule has 0 spiro atoms. The molecule has 0 aliphatic carbocycles. The van der Waals surface area contributed by atoms with Crippen molar-refractivity contribution in [2.24, 2.45) is 0 Å². The topological polar surface area (TPSA) is 99.5 Å². The summed E-state index contributed by atoms with van der Waals surface area (Å²) in [4.78, 5) is 27.9. The monoisotopic (exact) mass is 384 g/mol. The first-order valence-electron chi connectivity index (χ1n) is 8.24. The zero-order valence-electron chi connectivity index (χ0n) is 14.4. The Morgan fingerprint density at radius 3 is 2.41 bits per heavy atom. The number of carboxylic acids is 2. The average Bonchev–Trinajstić information content (AvgIpc) is 2.65. The Kier molecular flexibility index (Phi) is 5.28. The lowest BCUT2D eigenvalue weighted by Gasteiger charge is -2.23. The van der Waals surface area contributed by atoms with Crippen molar-refractivity contribution in [1.29, 1.82) is 0 Å². The molecule has 0 saturated carbocycles. The highest BCUT2D eigenvalue weighted by atomic mass is 35.5. The maximum atomic E-state index is 11.9. The number of carbonyl (C=O) groups is 2. The largest absolute Gasteiger partial charge is 0.480 e. The van der Waals surface area contributed by atoms with Gasteiger partial charge in [-0.25, -0.2) is 14.6 Å². The molecule has 3 N–H and O–H groups in total. The van der Waals surface area contributed by atoms with Gasteiger partial charge in [-0.05, 0) is 29.8 Å². The van der Waals surface area contributed by atoms with Gasteiger partial charge >= 0.3 is 11.9 Å². The van der Waals surface area contributed by atoms with Gasteiger partial charge in [0, 0.05) is 16.3 Å². The molecule has 1 aromatic heterocycles. The van der Waals surface area contributed by atoms with Crippen molar-refractivity contribution in [2.75, 3.05) is 5.32 Å². The molecule has 7 heteroatoms. The number of nitrogens with one attached hydrogen (secondary N) is 1. The highest BCUT2D eigenvalue weighted by Gasteiger charge is 2.28. The van der Waals surface area contributed by atoms with Crippen molar-refractivity contribution in [3.05, 3.63) is 70.7 Å². The standard InChI is InChI=1S/C20H17ClN2O4/c1-11(12-5-3-2-4-6-12)17(20(26)27)23-18-15(19(24)25)10-13-9-14(21)7-8-16(13)22-18/h2-11,17H,1H3,(H,22,23)(H,24,25)(H,26,27). The van der Waals surface area contributed by atoms with E-state index in [0.29, 0.717) is 15.9 Å². The van der Waals surface area contributed by atoms with E-state index < -0.39 is 23.9 Å². The van der Waals surface area contributed by atoms with Crippen LogP contribution in [-0.4, -0.2) is 33.2 Å². The molecule has 0 aliphatic heterocycles. The lowest BCUT2D eigenvalue weighted by Crippen LogP contribution is -2.35. The fourth-order valence-electron chi connectivity index (χ4n) is 2.92. The number of hydrogen-bond donors (Lipinski definition) is 3. The minimum atomic E-state index is -1.21. The zero-order chi connectivity index (χ0) is 19.6. The third kappa shape index (κ3) is 4.01. The number of benzene rings is 2. The molecule has 0 bridgehead atoms. The molecule has 0 amide bonds. The Morgan fingerprint density at radius 1 is 1.07 bits per heavy atom. The minimum Gasteiger partial charge on any atom is -0.480 e. The molecule has 2 unspecified atom stereocenters.